The molecule has 0 saturated carbocycles. The number of hydrogen-bond acceptors (Lipinski definition) is 4. The molecule has 0 fully saturated rings. The van der Waals surface area contributed by atoms with Gasteiger partial charge >= 0.3 is 0 Å². The van der Waals surface area contributed by atoms with Crippen molar-refractivity contribution >= 4 is 15.5 Å². The van der Waals surface area contributed by atoms with E-state index in [0.717, 1.165) is 19.3 Å². The summed E-state index contributed by atoms with van der Waals surface area (Å²) in [7, 11) is -3.09. The van der Waals surface area contributed by atoms with E-state index in [9.17, 15) is 8.42 Å². The van der Waals surface area contributed by atoms with E-state index in [1.165, 1.54) is 6.26 Å². The molecule has 0 saturated heterocycles. The first-order valence-corrected chi connectivity index (χ1v) is 8.17. The summed E-state index contributed by atoms with van der Waals surface area (Å²) < 4.78 is 28.3. The molecular formula is C13H21NO3S. The lowest BCUT2D eigenvalue weighted by molar-refractivity contribution is 0.304. The molecule has 1 aromatic rings. The van der Waals surface area contributed by atoms with Crippen LogP contribution in [-0.2, 0) is 15.6 Å². The molecular weight excluding hydrogens is 250 g/mol. The lowest BCUT2D eigenvalue weighted by Gasteiger charge is -2.11. The number of ether oxygens (including phenoxy) is 1. The molecule has 0 aromatic heterocycles. The van der Waals surface area contributed by atoms with E-state index in [1.807, 2.05) is 0 Å². The predicted molar refractivity (Wildman–Crippen MR) is 74.4 cm³/mol. The Morgan fingerprint density at radius 3 is 2.61 bits per heavy atom. The average Bonchev–Trinajstić information content (AvgIpc) is 2.24. The van der Waals surface area contributed by atoms with Gasteiger partial charge in [-0.25, -0.2) is 8.42 Å². The number of unbranched alkanes of at least 4 members (excludes halogenated alkanes) is 2. The third-order valence-electron chi connectivity index (χ3n) is 2.51. The summed E-state index contributed by atoms with van der Waals surface area (Å²) in [5, 5.41) is 0. The van der Waals surface area contributed by atoms with E-state index in [0.29, 0.717) is 23.6 Å². The molecule has 0 bridgehead atoms. The van der Waals surface area contributed by atoms with Crippen molar-refractivity contribution in [2.24, 2.45) is 0 Å². The Morgan fingerprint density at radius 2 is 2.00 bits per heavy atom. The maximum atomic E-state index is 11.3. The molecule has 18 heavy (non-hydrogen) atoms. The topological polar surface area (TPSA) is 69.4 Å². The zero-order chi connectivity index (χ0) is 13.6. The highest BCUT2D eigenvalue weighted by Gasteiger charge is 2.11. The van der Waals surface area contributed by atoms with Crippen LogP contribution in [-0.4, -0.2) is 21.3 Å². The molecule has 0 atom stereocenters. The number of anilines is 1. The molecule has 102 valence electrons. The van der Waals surface area contributed by atoms with E-state index < -0.39 is 9.84 Å². The highest BCUT2D eigenvalue weighted by atomic mass is 32.2. The number of sulfone groups is 1. The van der Waals surface area contributed by atoms with Crippen molar-refractivity contribution in [2.75, 3.05) is 18.6 Å². The van der Waals surface area contributed by atoms with Gasteiger partial charge in [0.25, 0.3) is 0 Å². The van der Waals surface area contributed by atoms with Crippen molar-refractivity contribution in [3.05, 3.63) is 23.8 Å². The highest BCUT2D eigenvalue weighted by molar-refractivity contribution is 7.89. The molecule has 2 N–H and O–H groups in total. The first-order chi connectivity index (χ1) is 8.42. The molecule has 0 amide bonds. The van der Waals surface area contributed by atoms with Crippen molar-refractivity contribution in [1.82, 2.24) is 0 Å². The van der Waals surface area contributed by atoms with Crippen LogP contribution in [0.5, 0.6) is 5.75 Å². The van der Waals surface area contributed by atoms with Crippen molar-refractivity contribution in [3.8, 4) is 5.75 Å². The normalized spacial score (nSPS) is 11.4. The number of nitrogens with two attached hydrogens (primary N) is 1. The molecule has 0 heterocycles. The van der Waals surface area contributed by atoms with E-state index in [-0.39, 0.29) is 5.75 Å². The van der Waals surface area contributed by atoms with Crippen LogP contribution in [0.4, 0.5) is 5.69 Å². The second-order valence-corrected chi connectivity index (χ2v) is 6.63. The summed E-state index contributed by atoms with van der Waals surface area (Å²) in [5.41, 5.74) is 6.86. The van der Waals surface area contributed by atoms with Crippen LogP contribution < -0.4 is 10.5 Å². The van der Waals surface area contributed by atoms with Crippen molar-refractivity contribution in [1.29, 1.82) is 0 Å². The summed E-state index contributed by atoms with van der Waals surface area (Å²) in [6.07, 6.45) is 4.41. The largest absolute Gasteiger partial charge is 0.493 e. The zero-order valence-corrected chi connectivity index (χ0v) is 11.8. The SMILES string of the molecule is CCCCCOc1ccc(N)cc1CS(C)(=O)=O. The first kappa shape index (κ1) is 14.8. The van der Waals surface area contributed by atoms with Crippen LogP contribution in [0.2, 0.25) is 0 Å². The van der Waals surface area contributed by atoms with Crippen LogP contribution in [0.1, 0.15) is 31.7 Å². The van der Waals surface area contributed by atoms with E-state index in [1.54, 1.807) is 18.2 Å². The maximum Gasteiger partial charge on any atom is 0.151 e. The van der Waals surface area contributed by atoms with Gasteiger partial charge in [0.05, 0.1) is 12.4 Å². The molecule has 1 rings (SSSR count). The smallest absolute Gasteiger partial charge is 0.151 e. The van der Waals surface area contributed by atoms with Gasteiger partial charge in [0, 0.05) is 17.5 Å². The third kappa shape index (κ3) is 5.40. The fourth-order valence-electron chi connectivity index (χ4n) is 1.67. The number of nitrogen functional groups attached to an aromatic ring is 1. The van der Waals surface area contributed by atoms with Crippen LogP contribution in [0.15, 0.2) is 18.2 Å². The lowest BCUT2D eigenvalue weighted by Crippen LogP contribution is -2.06. The quantitative estimate of drug-likeness (QED) is 0.610. The predicted octanol–water partition coefficient (Wildman–Crippen LogP) is 2.38. The van der Waals surface area contributed by atoms with Crippen LogP contribution >= 0.6 is 0 Å². The van der Waals surface area contributed by atoms with Gasteiger partial charge in [0.2, 0.25) is 0 Å². The number of hydrogen-bond donors (Lipinski definition) is 1. The van der Waals surface area contributed by atoms with Gasteiger partial charge in [-0.05, 0) is 24.6 Å². The minimum atomic E-state index is -3.09. The molecule has 5 heteroatoms. The average molecular weight is 271 g/mol. The molecule has 0 aliphatic carbocycles. The Hall–Kier alpha value is -1.23. The van der Waals surface area contributed by atoms with E-state index in [4.69, 9.17) is 10.5 Å². The fraction of sp³-hybridized carbons (Fsp3) is 0.538. The van der Waals surface area contributed by atoms with Gasteiger partial charge in [-0.1, -0.05) is 19.8 Å². The Kier molecular flexibility index (Phi) is 5.47. The van der Waals surface area contributed by atoms with Gasteiger partial charge < -0.3 is 10.5 Å². The zero-order valence-electron chi connectivity index (χ0n) is 11.0. The minimum Gasteiger partial charge on any atom is -0.493 e. The van der Waals surface area contributed by atoms with Gasteiger partial charge in [-0.2, -0.15) is 0 Å². The van der Waals surface area contributed by atoms with Crippen molar-refractivity contribution in [2.45, 2.75) is 31.9 Å². The number of rotatable bonds is 7. The van der Waals surface area contributed by atoms with Crippen LogP contribution in [0.25, 0.3) is 0 Å². The van der Waals surface area contributed by atoms with Crippen molar-refractivity contribution < 1.29 is 13.2 Å². The van der Waals surface area contributed by atoms with Gasteiger partial charge in [-0.3, -0.25) is 0 Å². The van der Waals surface area contributed by atoms with Crippen molar-refractivity contribution in [3.63, 3.8) is 0 Å². The molecule has 0 radical (unpaired) electrons. The standard InChI is InChI=1S/C13H21NO3S/c1-3-4-5-8-17-13-7-6-12(14)9-11(13)10-18(2,15)16/h6-7,9H,3-5,8,10,14H2,1-2H3. The fourth-order valence-corrected chi connectivity index (χ4v) is 2.46. The number of benzene rings is 1. The summed E-state index contributed by atoms with van der Waals surface area (Å²) >= 11 is 0. The maximum absolute atomic E-state index is 11.3. The molecule has 0 spiro atoms. The van der Waals surface area contributed by atoms with E-state index >= 15 is 0 Å². The van der Waals surface area contributed by atoms with Gasteiger partial charge in [0.1, 0.15) is 5.75 Å². The van der Waals surface area contributed by atoms with Crippen LogP contribution in [0.3, 0.4) is 0 Å². The summed E-state index contributed by atoms with van der Waals surface area (Å²) in [6, 6.07) is 5.12. The summed E-state index contributed by atoms with van der Waals surface area (Å²) in [5.74, 6) is 0.576. The van der Waals surface area contributed by atoms with E-state index in [2.05, 4.69) is 6.92 Å². The monoisotopic (exact) mass is 271 g/mol. The van der Waals surface area contributed by atoms with Gasteiger partial charge in [-0.15, -0.1) is 0 Å². The first-order valence-electron chi connectivity index (χ1n) is 6.11. The Labute approximate surface area is 109 Å². The molecule has 0 unspecified atom stereocenters. The summed E-state index contributed by atoms with van der Waals surface area (Å²) in [4.78, 5) is 0. The molecule has 1 aromatic carbocycles. The third-order valence-corrected chi connectivity index (χ3v) is 3.34. The highest BCUT2D eigenvalue weighted by Crippen LogP contribution is 2.23. The minimum absolute atomic E-state index is 0.0405. The molecule has 4 nitrogen and oxygen atoms in total. The lowest BCUT2D eigenvalue weighted by atomic mass is 10.2. The second-order valence-electron chi connectivity index (χ2n) is 4.49. The second kappa shape index (κ2) is 6.64. The Balaban J connectivity index is 2.76. The molecule has 0 aliphatic heterocycles. The Morgan fingerprint density at radius 1 is 1.28 bits per heavy atom. The Bertz CT molecular complexity index is 483. The molecule has 0 aliphatic rings. The van der Waals surface area contributed by atoms with Gasteiger partial charge in [0.15, 0.2) is 9.84 Å². The summed E-state index contributed by atoms with van der Waals surface area (Å²) in [6.45, 7) is 2.73. The van der Waals surface area contributed by atoms with Crippen LogP contribution in [0, 0.1) is 0 Å².